The minimum absolute atomic E-state index is 0.503. The molecule has 7 aromatic rings. The second-order valence-electron chi connectivity index (χ2n) is 13.6. The Morgan fingerprint density at radius 2 is 1.22 bits per heavy atom. The van der Waals surface area contributed by atoms with Crippen LogP contribution in [0.3, 0.4) is 0 Å². The molecule has 236 valence electrons. The van der Waals surface area contributed by atoms with Gasteiger partial charge in [-0.15, -0.1) is 0 Å². The summed E-state index contributed by atoms with van der Waals surface area (Å²) in [6.07, 6.45) is 2.79. The molecule has 0 N–H and O–H groups in total. The Labute approximate surface area is 290 Å². The molecule has 1 aliphatic rings. The predicted molar refractivity (Wildman–Crippen MR) is 209 cm³/mol. The molecule has 0 radical (unpaired) electrons. The van der Waals surface area contributed by atoms with Crippen LogP contribution >= 0.6 is 0 Å². The Hall–Kier alpha value is -5.72. The Morgan fingerprint density at radius 3 is 2.02 bits per heavy atom. The molecule has 1 aliphatic carbocycles. The summed E-state index contributed by atoms with van der Waals surface area (Å²) in [5.41, 5.74) is 16.1. The molecule has 0 amide bonds. The van der Waals surface area contributed by atoms with Crippen molar-refractivity contribution in [2.24, 2.45) is 0 Å². The molecule has 0 saturated heterocycles. The number of benzene rings is 7. The summed E-state index contributed by atoms with van der Waals surface area (Å²) >= 11 is 0. The first-order chi connectivity index (χ1) is 23.9. The van der Waals surface area contributed by atoms with Crippen LogP contribution in [0.1, 0.15) is 44.5 Å². The molecular formula is C49H40. The van der Waals surface area contributed by atoms with Crippen LogP contribution in [0.25, 0.3) is 45.2 Å². The van der Waals surface area contributed by atoms with E-state index in [1.54, 1.807) is 0 Å². The average Bonchev–Trinajstić information content (AvgIpc) is 3.43. The fraction of sp³-hybridized carbons (Fsp3) is 0.102. The van der Waals surface area contributed by atoms with E-state index >= 15 is 0 Å². The van der Waals surface area contributed by atoms with Crippen LogP contribution in [0.5, 0.6) is 0 Å². The van der Waals surface area contributed by atoms with Gasteiger partial charge in [-0.3, -0.25) is 0 Å². The van der Waals surface area contributed by atoms with Crippen LogP contribution in [-0.2, 0) is 11.8 Å². The third-order valence-electron chi connectivity index (χ3n) is 10.8. The predicted octanol–water partition coefficient (Wildman–Crippen LogP) is 10.8. The van der Waals surface area contributed by atoms with Gasteiger partial charge in [-0.2, -0.15) is 0 Å². The molecule has 0 aromatic heterocycles. The lowest BCUT2D eigenvalue weighted by molar-refractivity contribution is 0.766. The minimum atomic E-state index is -0.503. The van der Waals surface area contributed by atoms with E-state index in [1.165, 1.54) is 83.1 Å². The van der Waals surface area contributed by atoms with E-state index in [0.717, 1.165) is 16.9 Å². The molecule has 0 saturated carbocycles. The van der Waals surface area contributed by atoms with Gasteiger partial charge in [0.25, 0.3) is 0 Å². The van der Waals surface area contributed by atoms with Crippen molar-refractivity contribution in [3.63, 3.8) is 0 Å². The maximum atomic E-state index is 4.33. The van der Waals surface area contributed by atoms with E-state index in [0.29, 0.717) is 0 Å². The van der Waals surface area contributed by atoms with Gasteiger partial charge < -0.3 is 0 Å². The van der Waals surface area contributed by atoms with Gasteiger partial charge in [0.05, 0.1) is 5.41 Å². The topological polar surface area (TPSA) is 0 Å². The van der Waals surface area contributed by atoms with Crippen LogP contribution in [0, 0.1) is 20.8 Å². The molecule has 8 rings (SSSR count). The molecule has 1 atom stereocenters. The first-order valence-electron chi connectivity index (χ1n) is 17.2. The quantitative estimate of drug-likeness (QED) is 0.172. The minimum Gasteiger partial charge on any atom is -0.0988 e. The third-order valence-corrected chi connectivity index (χ3v) is 10.8. The fourth-order valence-electron chi connectivity index (χ4n) is 8.15. The number of hydrogen-bond donors (Lipinski definition) is 0. The molecular weight excluding hydrogens is 589 g/mol. The SMILES string of the molecule is C=CC(Cc1cc(C2(c3ccc(C)cc3)c3ccccc3-c3ccc(-c4ccc(C)c5ccccc45)cc32)ccc1C)=c1ccccc1=C. The van der Waals surface area contributed by atoms with Crippen molar-refractivity contribution in [2.75, 3.05) is 0 Å². The summed E-state index contributed by atoms with van der Waals surface area (Å²) in [6.45, 7) is 15.2. The second-order valence-corrected chi connectivity index (χ2v) is 13.6. The van der Waals surface area contributed by atoms with Crippen molar-refractivity contribution in [2.45, 2.75) is 32.6 Å². The van der Waals surface area contributed by atoms with E-state index in [9.17, 15) is 0 Å². The van der Waals surface area contributed by atoms with Crippen molar-refractivity contribution < 1.29 is 0 Å². The molecule has 1 unspecified atom stereocenters. The highest BCUT2D eigenvalue weighted by molar-refractivity contribution is 5.99. The van der Waals surface area contributed by atoms with E-state index in [4.69, 9.17) is 0 Å². The number of fused-ring (bicyclic) bond motifs is 4. The van der Waals surface area contributed by atoms with E-state index in [-0.39, 0.29) is 0 Å². The van der Waals surface area contributed by atoms with Crippen LogP contribution in [0.15, 0.2) is 158 Å². The summed E-state index contributed by atoms with van der Waals surface area (Å²) in [4.78, 5) is 0. The summed E-state index contributed by atoms with van der Waals surface area (Å²) in [7, 11) is 0. The van der Waals surface area contributed by atoms with Gasteiger partial charge in [-0.25, -0.2) is 0 Å². The molecule has 0 fully saturated rings. The van der Waals surface area contributed by atoms with Crippen LogP contribution in [0.2, 0.25) is 0 Å². The Kier molecular flexibility index (Phi) is 7.53. The van der Waals surface area contributed by atoms with Gasteiger partial charge in [0.2, 0.25) is 0 Å². The summed E-state index contributed by atoms with van der Waals surface area (Å²) in [5, 5.41) is 4.77. The zero-order valence-electron chi connectivity index (χ0n) is 28.6. The average molecular weight is 629 g/mol. The van der Waals surface area contributed by atoms with Gasteiger partial charge in [0, 0.05) is 0 Å². The zero-order chi connectivity index (χ0) is 33.7. The second kappa shape index (κ2) is 12.1. The highest BCUT2D eigenvalue weighted by atomic mass is 14.5. The molecule has 0 heterocycles. The largest absolute Gasteiger partial charge is 0.0988 e. The van der Waals surface area contributed by atoms with Crippen molar-refractivity contribution in [3.05, 3.63) is 213 Å². The van der Waals surface area contributed by atoms with Crippen LogP contribution in [0.4, 0.5) is 0 Å². The summed E-state index contributed by atoms with van der Waals surface area (Å²) < 4.78 is 0. The number of aryl methyl sites for hydroxylation is 3. The smallest absolute Gasteiger partial charge is 0.0713 e. The lowest BCUT2D eigenvalue weighted by Crippen LogP contribution is -2.29. The van der Waals surface area contributed by atoms with Gasteiger partial charge in [-0.1, -0.05) is 164 Å². The van der Waals surface area contributed by atoms with Gasteiger partial charge >= 0.3 is 0 Å². The summed E-state index contributed by atoms with van der Waals surface area (Å²) in [5.74, 6) is 0. The Balaban J connectivity index is 1.42. The number of rotatable bonds is 6. The van der Waals surface area contributed by atoms with Gasteiger partial charge in [-0.05, 0) is 121 Å². The molecule has 0 nitrogen and oxygen atoms in total. The Bertz CT molecular complexity index is 2530. The molecule has 0 heteroatoms. The third kappa shape index (κ3) is 4.90. The standard InChI is InChI=1S/C49H40/c1-6-36(41-14-8-7-13-34(41)4)29-38-30-40(26-21-33(38)3)49(39-24-19-32(2)20-25-39)47-18-12-11-17-45(47)46-28-23-37(31-48(46)49)43-27-22-35(5)42-15-9-10-16-44(42)43/h6-28,30-31H,1,4,29H2,2-3,5H3. The summed E-state index contributed by atoms with van der Waals surface area (Å²) in [6, 6.07) is 54.3. The van der Waals surface area contributed by atoms with Gasteiger partial charge in [0.15, 0.2) is 0 Å². The highest BCUT2D eigenvalue weighted by Crippen LogP contribution is 2.57. The molecule has 49 heavy (non-hydrogen) atoms. The monoisotopic (exact) mass is 628 g/mol. The first kappa shape index (κ1) is 30.6. The van der Waals surface area contributed by atoms with Crippen LogP contribution in [-0.4, -0.2) is 0 Å². The van der Waals surface area contributed by atoms with Gasteiger partial charge in [0.1, 0.15) is 0 Å². The Morgan fingerprint density at radius 1 is 0.571 bits per heavy atom. The maximum Gasteiger partial charge on any atom is 0.0713 e. The molecule has 0 aliphatic heterocycles. The van der Waals surface area contributed by atoms with Crippen molar-refractivity contribution >= 4 is 22.9 Å². The molecule has 0 spiro atoms. The van der Waals surface area contributed by atoms with Crippen molar-refractivity contribution in [3.8, 4) is 22.3 Å². The lowest BCUT2D eigenvalue weighted by Gasteiger charge is -2.35. The first-order valence-corrected chi connectivity index (χ1v) is 17.2. The van der Waals surface area contributed by atoms with E-state index in [1.807, 2.05) is 12.1 Å². The highest BCUT2D eigenvalue weighted by Gasteiger charge is 2.46. The van der Waals surface area contributed by atoms with E-state index < -0.39 is 5.41 Å². The molecule has 0 bridgehead atoms. The number of allylic oxidation sites excluding steroid dienone is 1. The fourth-order valence-corrected chi connectivity index (χ4v) is 8.15. The maximum absolute atomic E-state index is 4.33. The van der Waals surface area contributed by atoms with E-state index in [2.05, 4.69) is 173 Å². The zero-order valence-corrected chi connectivity index (χ0v) is 28.6. The normalized spacial score (nSPS) is 15.5. The molecule has 7 aromatic carbocycles. The number of hydrogen-bond acceptors (Lipinski definition) is 0. The lowest BCUT2D eigenvalue weighted by atomic mass is 9.66. The van der Waals surface area contributed by atoms with Crippen molar-refractivity contribution in [1.82, 2.24) is 0 Å². The van der Waals surface area contributed by atoms with Crippen LogP contribution < -0.4 is 10.4 Å². The van der Waals surface area contributed by atoms with Crippen molar-refractivity contribution in [1.29, 1.82) is 0 Å².